The van der Waals surface area contributed by atoms with E-state index in [2.05, 4.69) is 50.6 Å². The molecule has 153 valence electrons. The summed E-state index contributed by atoms with van der Waals surface area (Å²) in [5.74, 6) is 1.43. The van der Waals surface area contributed by atoms with Crippen molar-refractivity contribution in [2.75, 3.05) is 18.4 Å². The summed E-state index contributed by atoms with van der Waals surface area (Å²) >= 11 is 0. The van der Waals surface area contributed by atoms with Crippen LogP contribution in [0.25, 0.3) is 33.3 Å². The van der Waals surface area contributed by atoms with Crippen molar-refractivity contribution in [3.8, 4) is 11.4 Å². The van der Waals surface area contributed by atoms with Gasteiger partial charge in [0.1, 0.15) is 5.82 Å². The molecule has 2 aromatic carbocycles. The van der Waals surface area contributed by atoms with E-state index in [4.69, 9.17) is 15.1 Å². The number of benzene rings is 2. The molecule has 1 fully saturated rings. The smallest absolute Gasteiger partial charge is 0.164 e. The number of H-pyrrole nitrogens is 1. The van der Waals surface area contributed by atoms with Crippen LogP contribution in [0.3, 0.4) is 0 Å². The minimum Gasteiger partial charge on any atom is -0.361 e. The Labute approximate surface area is 179 Å². The highest BCUT2D eigenvalue weighted by molar-refractivity contribution is 5.91. The SMILES string of the molecule is [c]1cccc(-c2nc(Nc3ccc4[nH]ccc4c3)c3cnn(C4CCNCC4)c3n2)c1. The Morgan fingerprint density at radius 2 is 2.03 bits per heavy atom. The van der Waals surface area contributed by atoms with E-state index in [1.165, 1.54) is 0 Å². The second-order valence-corrected chi connectivity index (χ2v) is 7.90. The number of piperidine rings is 1. The predicted molar refractivity (Wildman–Crippen MR) is 122 cm³/mol. The second-order valence-electron chi connectivity index (χ2n) is 7.90. The van der Waals surface area contributed by atoms with Crippen molar-refractivity contribution in [2.45, 2.75) is 18.9 Å². The first-order chi connectivity index (χ1) is 15.3. The van der Waals surface area contributed by atoms with Crippen molar-refractivity contribution in [3.05, 3.63) is 67.0 Å². The lowest BCUT2D eigenvalue weighted by Gasteiger charge is -2.23. The summed E-state index contributed by atoms with van der Waals surface area (Å²) < 4.78 is 2.08. The minimum atomic E-state index is 0.341. The molecular formula is C24H22N7. The van der Waals surface area contributed by atoms with Gasteiger partial charge in [0.15, 0.2) is 11.5 Å². The monoisotopic (exact) mass is 408 g/mol. The van der Waals surface area contributed by atoms with Crippen LogP contribution in [0.4, 0.5) is 11.5 Å². The van der Waals surface area contributed by atoms with E-state index in [1.54, 1.807) is 0 Å². The number of aromatic nitrogens is 5. The van der Waals surface area contributed by atoms with Gasteiger partial charge in [0.2, 0.25) is 0 Å². The molecule has 0 saturated carbocycles. The normalized spacial score (nSPS) is 15.0. The molecule has 3 N–H and O–H groups in total. The summed E-state index contributed by atoms with van der Waals surface area (Å²) in [4.78, 5) is 13.0. The average Bonchev–Trinajstić information content (AvgIpc) is 3.47. The summed E-state index contributed by atoms with van der Waals surface area (Å²) in [6.07, 6.45) is 5.92. The Bertz CT molecular complexity index is 1350. The molecular weight excluding hydrogens is 386 g/mol. The number of nitrogens with zero attached hydrogens (tertiary/aromatic N) is 4. The largest absolute Gasteiger partial charge is 0.361 e. The lowest BCUT2D eigenvalue weighted by atomic mass is 10.1. The van der Waals surface area contributed by atoms with Gasteiger partial charge in [0, 0.05) is 28.4 Å². The molecule has 0 amide bonds. The minimum absolute atomic E-state index is 0.341. The zero-order chi connectivity index (χ0) is 20.6. The van der Waals surface area contributed by atoms with E-state index in [0.29, 0.717) is 11.9 Å². The Morgan fingerprint density at radius 3 is 2.90 bits per heavy atom. The summed E-state index contributed by atoms with van der Waals surface area (Å²) in [6, 6.07) is 19.6. The average molecular weight is 408 g/mol. The van der Waals surface area contributed by atoms with Crippen molar-refractivity contribution in [3.63, 3.8) is 0 Å². The molecule has 7 heteroatoms. The van der Waals surface area contributed by atoms with Crippen LogP contribution in [-0.2, 0) is 0 Å². The van der Waals surface area contributed by atoms with Gasteiger partial charge in [0.05, 0.1) is 17.6 Å². The number of fused-ring (bicyclic) bond motifs is 2. The maximum absolute atomic E-state index is 4.93. The van der Waals surface area contributed by atoms with Gasteiger partial charge in [0.25, 0.3) is 0 Å². The number of hydrogen-bond donors (Lipinski definition) is 3. The summed E-state index contributed by atoms with van der Waals surface area (Å²) in [5.41, 5.74) is 3.89. The van der Waals surface area contributed by atoms with E-state index in [0.717, 1.165) is 64.9 Å². The van der Waals surface area contributed by atoms with E-state index in [-0.39, 0.29) is 0 Å². The van der Waals surface area contributed by atoms with E-state index >= 15 is 0 Å². The zero-order valence-electron chi connectivity index (χ0n) is 17.0. The molecule has 0 atom stereocenters. The standard InChI is InChI=1S/C24H22N7/c1-2-4-16(5-3-1)22-29-23(28-18-6-7-21-17(14-18)8-13-26-21)20-15-27-31(24(20)30-22)19-9-11-25-12-10-19/h1-2,4-8,13-15,19,25-26H,9-12H2,(H,28,29,30). The van der Waals surface area contributed by atoms with Crippen LogP contribution in [-0.4, -0.2) is 37.8 Å². The van der Waals surface area contributed by atoms with Crippen molar-refractivity contribution in [1.82, 2.24) is 30.0 Å². The second kappa shape index (κ2) is 7.52. The van der Waals surface area contributed by atoms with Crippen molar-refractivity contribution >= 4 is 33.4 Å². The van der Waals surface area contributed by atoms with Gasteiger partial charge in [-0.25, -0.2) is 14.6 Å². The van der Waals surface area contributed by atoms with Crippen LogP contribution in [0, 0.1) is 6.07 Å². The number of nitrogens with one attached hydrogen (secondary N) is 3. The fourth-order valence-electron chi connectivity index (χ4n) is 4.27. The van der Waals surface area contributed by atoms with Crippen LogP contribution in [0.2, 0.25) is 0 Å². The van der Waals surface area contributed by atoms with Gasteiger partial charge in [-0.15, -0.1) is 0 Å². The Balaban J connectivity index is 1.49. The molecule has 1 radical (unpaired) electrons. The lowest BCUT2D eigenvalue weighted by molar-refractivity contribution is 0.350. The number of hydrogen-bond acceptors (Lipinski definition) is 5. The molecule has 0 aliphatic carbocycles. The highest BCUT2D eigenvalue weighted by atomic mass is 15.3. The highest BCUT2D eigenvalue weighted by Crippen LogP contribution is 2.31. The first-order valence-corrected chi connectivity index (χ1v) is 10.6. The number of anilines is 2. The summed E-state index contributed by atoms with van der Waals surface area (Å²) in [7, 11) is 0. The molecule has 1 aliphatic heterocycles. The Hall–Kier alpha value is -3.71. The van der Waals surface area contributed by atoms with Gasteiger partial charge >= 0.3 is 0 Å². The van der Waals surface area contributed by atoms with Crippen molar-refractivity contribution in [2.24, 2.45) is 0 Å². The van der Waals surface area contributed by atoms with Gasteiger partial charge < -0.3 is 15.6 Å². The van der Waals surface area contributed by atoms with Crippen LogP contribution >= 0.6 is 0 Å². The quantitative estimate of drug-likeness (QED) is 0.409. The third-order valence-corrected chi connectivity index (χ3v) is 5.89. The molecule has 1 saturated heterocycles. The fraction of sp³-hybridized carbons (Fsp3) is 0.208. The molecule has 6 rings (SSSR count). The third kappa shape index (κ3) is 3.33. The molecule has 5 aromatic rings. The molecule has 7 nitrogen and oxygen atoms in total. The highest BCUT2D eigenvalue weighted by Gasteiger charge is 2.21. The van der Waals surface area contributed by atoms with Gasteiger partial charge in [-0.3, -0.25) is 0 Å². The molecule has 0 unspecified atom stereocenters. The van der Waals surface area contributed by atoms with Crippen LogP contribution in [0.5, 0.6) is 0 Å². The predicted octanol–water partition coefficient (Wildman–Crippen LogP) is 4.44. The van der Waals surface area contributed by atoms with E-state index in [1.807, 2.05) is 36.7 Å². The van der Waals surface area contributed by atoms with Crippen LogP contribution < -0.4 is 10.6 Å². The lowest BCUT2D eigenvalue weighted by Crippen LogP contribution is -2.30. The van der Waals surface area contributed by atoms with E-state index in [9.17, 15) is 0 Å². The fourth-order valence-corrected chi connectivity index (χ4v) is 4.27. The van der Waals surface area contributed by atoms with E-state index < -0.39 is 0 Å². The van der Waals surface area contributed by atoms with Crippen molar-refractivity contribution in [1.29, 1.82) is 0 Å². The summed E-state index contributed by atoms with van der Waals surface area (Å²) in [6.45, 7) is 2.00. The number of rotatable bonds is 4. The maximum atomic E-state index is 4.93. The molecule has 3 aromatic heterocycles. The molecule has 0 bridgehead atoms. The molecule has 0 spiro atoms. The van der Waals surface area contributed by atoms with Gasteiger partial charge in [-0.05, 0) is 62.3 Å². The van der Waals surface area contributed by atoms with Crippen LogP contribution in [0.1, 0.15) is 18.9 Å². The Morgan fingerprint density at radius 1 is 1.10 bits per heavy atom. The Kier molecular flexibility index (Phi) is 4.39. The molecule has 1 aliphatic rings. The maximum Gasteiger partial charge on any atom is 0.164 e. The van der Waals surface area contributed by atoms with Crippen LogP contribution in [0.15, 0.2) is 60.9 Å². The first kappa shape index (κ1) is 18.1. The molecule has 31 heavy (non-hydrogen) atoms. The van der Waals surface area contributed by atoms with Crippen molar-refractivity contribution < 1.29 is 0 Å². The number of aromatic amines is 1. The molecule has 4 heterocycles. The topological polar surface area (TPSA) is 83.5 Å². The summed E-state index contributed by atoms with van der Waals surface area (Å²) in [5, 5.41) is 13.7. The van der Waals surface area contributed by atoms with Gasteiger partial charge in [-0.2, -0.15) is 5.10 Å². The third-order valence-electron chi connectivity index (χ3n) is 5.89. The van der Waals surface area contributed by atoms with Gasteiger partial charge in [-0.1, -0.05) is 18.2 Å². The zero-order valence-corrected chi connectivity index (χ0v) is 17.0. The first-order valence-electron chi connectivity index (χ1n) is 10.6.